The van der Waals surface area contributed by atoms with Crippen LogP contribution < -0.4 is 5.32 Å². The third-order valence-corrected chi connectivity index (χ3v) is 4.96. The number of aliphatic hydroxyl groups excluding tert-OH is 1. The van der Waals surface area contributed by atoms with E-state index in [4.69, 9.17) is 0 Å². The molecule has 0 atom stereocenters. The molecule has 1 aromatic carbocycles. The highest BCUT2D eigenvalue weighted by Gasteiger charge is 2.36. The van der Waals surface area contributed by atoms with Gasteiger partial charge in [0.2, 0.25) is 0 Å². The zero-order valence-corrected chi connectivity index (χ0v) is 15.2. The lowest BCUT2D eigenvalue weighted by Crippen LogP contribution is -2.49. The second-order valence-corrected chi connectivity index (χ2v) is 7.38. The summed E-state index contributed by atoms with van der Waals surface area (Å²) in [7, 11) is 4.02. The molecule has 2 rings (SSSR count). The number of aryl methyl sites for hydroxylation is 1. The minimum absolute atomic E-state index is 0.0443. The van der Waals surface area contributed by atoms with Crippen molar-refractivity contribution in [1.29, 1.82) is 0 Å². The minimum Gasteiger partial charge on any atom is -0.396 e. The normalized spacial score (nSPS) is 15.9. The van der Waals surface area contributed by atoms with Gasteiger partial charge in [-0.2, -0.15) is 0 Å². The van der Waals surface area contributed by atoms with Gasteiger partial charge in [-0.1, -0.05) is 36.2 Å². The molecule has 2 amide bonds. The third-order valence-electron chi connectivity index (χ3n) is 4.96. The molecule has 134 valence electrons. The van der Waals surface area contributed by atoms with Crippen molar-refractivity contribution in [3.63, 3.8) is 0 Å². The number of carbonyl (C=O) groups is 1. The van der Waals surface area contributed by atoms with Gasteiger partial charge in [-0.05, 0) is 39.4 Å². The van der Waals surface area contributed by atoms with E-state index in [0.29, 0.717) is 19.6 Å². The summed E-state index contributed by atoms with van der Waals surface area (Å²) in [5, 5.41) is 12.6. The molecule has 5 heteroatoms. The Morgan fingerprint density at radius 2 is 1.88 bits per heavy atom. The van der Waals surface area contributed by atoms with E-state index in [1.807, 2.05) is 19.0 Å². The van der Waals surface area contributed by atoms with Crippen molar-refractivity contribution in [2.24, 2.45) is 5.41 Å². The Hall–Kier alpha value is -1.59. The fourth-order valence-electron chi connectivity index (χ4n) is 2.93. The minimum atomic E-state index is -0.0905. The summed E-state index contributed by atoms with van der Waals surface area (Å²) in [5.74, 6) is 0. The van der Waals surface area contributed by atoms with Crippen LogP contribution in [-0.2, 0) is 6.54 Å². The molecule has 0 unspecified atom stereocenters. The molecule has 0 radical (unpaired) electrons. The molecule has 1 aromatic rings. The summed E-state index contributed by atoms with van der Waals surface area (Å²) < 4.78 is 0. The second kappa shape index (κ2) is 8.49. The molecular weight excluding hydrogens is 302 g/mol. The number of aliphatic hydroxyl groups is 1. The van der Waals surface area contributed by atoms with E-state index in [-0.39, 0.29) is 18.1 Å². The summed E-state index contributed by atoms with van der Waals surface area (Å²) in [6.45, 7) is 4.89. The molecule has 2 N–H and O–H groups in total. The first-order valence-corrected chi connectivity index (χ1v) is 8.78. The van der Waals surface area contributed by atoms with Gasteiger partial charge in [0, 0.05) is 31.6 Å². The van der Waals surface area contributed by atoms with Crippen LogP contribution in [0.1, 0.15) is 30.4 Å². The Bertz CT molecular complexity index is 518. The van der Waals surface area contributed by atoms with E-state index in [2.05, 4.69) is 41.4 Å². The van der Waals surface area contributed by atoms with Gasteiger partial charge < -0.3 is 20.2 Å². The zero-order chi connectivity index (χ0) is 17.6. The van der Waals surface area contributed by atoms with Gasteiger partial charge in [-0.3, -0.25) is 0 Å². The van der Waals surface area contributed by atoms with Crippen LogP contribution in [0.15, 0.2) is 24.3 Å². The van der Waals surface area contributed by atoms with Gasteiger partial charge >= 0.3 is 6.03 Å². The molecule has 0 heterocycles. The van der Waals surface area contributed by atoms with Crippen LogP contribution in [0.25, 0.3) is 0 Å². The molecule has 0 spiro atoms. The predicted molar refractivity (Wildman–Crippen MR) is 96.9 cm³/mol. The molecule has 1 saturated carbocycles. The van der Waals surface area contributed by atoms with Gasteiger partial charge in [-0.25, -0.2) is 4.79 Å². The first-order chi connectivity index (χ1) is 11.4. The fraction of sp³-hybridized carbons (Fsp3) is 0.632. The van der Waals surface area contributed by atoms with E-state index in [9.17, 15) is 9.90 Å². The van der Waals surface area contributed by atoms with Gasteiger partial charge in [0.15, 0.2) is 0 Å². The van der Waals surface area contributed by atoms with Crippen LogP contribution in [0.2, 0.25) is 0 Å². The molecule has 0 aromatic heterocycles. The lowest BCUT2D eigenvalue weighted by atomic mass is 9.69. The largest absolute Gasteiger partial charge is 0.396 e. The summed E-state index contributed by atoms with van der Waals surface area (Å²) >= 11 is 0. The molecule has 1 aliphatic rings. The number of carbonyl (C=O) groups excluding carboxylic acids is 1. The number of nitrogens with zero attached hydrogens (tertiary/aromatic N) is 2. The first-order valence-electron chi connectivity index (χ1n) is 8.78. The maximum atomic E-state index is 12.6. The van der Waals surface area contributed by atoms with Crippen molar-refractivity contribution in [2.75, 3.05) is 40.3 Å². The number of urea groups is 1. The number of hydrogen-bond donors (Lipinski definition) is 2. The highest BCUT2D eigenvalue weighted by molar-refractivity contribution is 5.74. The number of amides is 2. The first kappa shape index (κ1) is 18.7. The van der Waals surface area contributed by atoms with Crippen molar-refractivity contribution < 1.29 is 9.90 Å². The van der Waals surface area contributed by atoms with E-state index in [1.54, 1.807) is 0 Å². The monoisotopic (exact) mass is 333 g/mol. The molecule has 0 aliphatic heterocycles. The molecule has 1 aliphatic carbocycles. The summed E-state index contributed by atoms with van der Waals surface area (Å²) in [6.07, 6.45) is 3.14. The van der Waals surface area contributed by atoms with Crippen LogP contribution in [0.4, 0.5) is 4.79 Å². The Kier molecular flexibility index (Phi) is 6.63. The summed E-state index contributed by atoms with van der Waals surface area (Å²) in [4.78, 5) is 16.6. The van der Waals surface area contributed by atoms with E-state index >= 15 is 0 Å². The average Bonchev–Trinajstić information content (AvgIpc) is 2.52. The molecule has 5 nitrogen and oxygen atoms in total. The highest BCUT2D eigenvalue weighted by atomic mass is 16.3. The Labute approximate surface area is 145 Å². The van der Waals surface area contributed by atoms with Crippen LogP contribution in [0.5, 0.6) is 0 Å². The zero-order valence-electron chi connectivity index (χ0n) is 15.2. The van der Waals surface area contributed by atoms with Crippen molar-refractivity contribution in [2.45, 2.75) is 32.7 Å². The lowest BCUT2D eigenvalue weighted by Gasteiger charge is -2.40. The fourth-order valence-corrected chi connectivity index (χ4v) is 2.93. The Morgan fingerprint density at radius 1 is 1.21 bits per heavy atom. The summed E-state index contributed by atoms with van der Waals surface area (Å²) in [6, 6.07) is 8.26. The maximum absolute atomic E-state index is 12.6. The van der Waals surface area contributed by atoms with E-state index in [1.165, 1.54) is 5.56 Å². The Morgan fingerprint density at radius 3 is 2.38 bits per heavy atom. The van der Waals surface area contributed by atoms with Gasteiger partial charge in [-0.15, -0.1) is 0 Å². The topological polar surface area (TPSA) is 55.8 Å². The third kappa shape index (κ3) is 5.21. The smallest absolute Gasteiger partial charge is 0.317 e. The molecule has 0 saturated heterocycles. The Balaban J connectivity index is 1.95. The molecule has 0 bridgehead atoms. The molecule has 1 fully saturated rings. The van der Waals surface area contributed by atoms with Gasteiger partial charge in [0.05, 0.1) is 6.61 Å². The number of benzene rings is 1. The van der Waals surface area contributed by atoms with Crippen LogP contribution in [0, 0.1) is 12.3 Å². The van der Waals surface area contributed by atoms with Gasteiger partial charge in [0.25, 0.3) is 0 Å². The maximum Gasteiger partial charge on any atom is 0.317 e. The SMILES string of the molecule is Cc1ccc(CN(CCN(C)C)C(=O)NCC2(CO)CCC2)cc1. The van der Waals surface area contributed by atoms with Crippen LogP contribution in [-0.4, -0.2) is 61.3 Å². The van der Waals surface area contributed by atoms with Crippen molar-refractivity contribution >= 4 is 6.03 Å². The number of likely N-dealkylation sites (N-methyl/N-ethyl adjacent to an activating group) is 1. The van der Waals surface area contributed by atoms with Crippen LogP contribution in [0.3, 0.4) is 0 Å². The molecular formula is C19H31N3O2. The average molecular weight is 333 g/mol. The molecule has 24 heavy (non-hydrogen) atoms. The van der Waals surface area contributed by atoms with Gasteiger partial charge in [0.1, 0.15) is 0 Å². The van der Waals surface area contributed by atoms with Crippen molar-refractivity contribution in [3.05, 3.63) is 35.4 Å². The number of rotatable bonds is 8. The predicted octanol–water partition coefficient (Wildman–Crippen LogP) is 2.23. The summed E-state index contributed by atoms with van der Waals surface area (Å²) in [5.41, 5.74) is 2.26. The highest BCUT2D eigenvalue weighted by Crippen LogP contribution is 2.39. The quantitative estimate of drug-likeness (QED) is 0.767. The second-order valence-electron chi connectivity index (χ2n) is 7.38. The number of hydrogen-bond acceptors (Lipinski definition) is 3. The van der Waals surface area contributed by atoms with Crippen molar-refractivity contribution in [1.82, 2.24) is 15.1 Å². The van der Waals surface area contributed by atoms with E-state index in [0.717, 1.165) is 31.4 Å². The van der Waals surface area contributed by atoms with E-state index < -0.39 is 0 Å². The number of nitrogens with one attached hydrogen (secondary N) is 1. The lowest BCUT2D eigenvalue weighted by molar-refractivity contribution is 0.0455. The van der Waals surface area contributed by atoms with Crippen LogP contribution >= 0.6 is 0 Å². The van der Waals surface area contributed by atoms with Crippen molar-refractivity contribution in [3.8, 4) is 0 Å². The standard InChI is InChI=1S/C19H31N3O2/c1-16-5-7-17(8-6-16)13-22(12-11-21(2)3)18(24)20-14-19(15-23)9-4-10-19/h5-8,23H,4,9-15H2,1-3H3,(H,20,24).